The van der Waals surface area contributed by atoms with E-state index in [1.165, 1.54) is 18.5 Å². The third kappa shape index (κ3) is 2.16. The van der Waals surface area contributed by atoms with Crippen molar-refractivity contribution in [1.29, 1.82) is 0 Å². The maximum atomic E-state index is 13.2. The van der Waals surface area contributed by atoms with E-state index in [4.69, 9.17) is 0 Å². The lowest BCUT2D eigenvalue weighted by Gasteiger charge is -2.05. The van der Waals surface area contributed by atoms with Gasteiger partial charge in [-0.15, -0.1) is 0 Å². The summed E-state index contributed by atoms with van der Waals surface area (Å²) in [6, 6.07) is 4.78. The third-order valence-electron chi connectivity index (χ3n) is 3.64. The van der Waals surface area contributed by atoms with Gasteiger partial charge in [0, 0.05) is 23.6 Å². The average molecular weight is 296 g/mol. The summed E-state index contributed by atoms with van der Waals surface area (Å²) in [5, 5.41) is 4.32. The Balaban J connectivity index is 1.51. The summed E-state index contributed by atoms with van der Waals surface area (Å²) in [5.41, 5.74) is 3.38. The monoisotopic (exact) mass is 296 g/mol. The van der Waals surface area contributed by atoms with Gasteiger partial charge >= 0.3 is 0 Å². The minimum Gasteiger partial charge on any atom is -0.368 e. The molecule has 6 nitrogen and oxygen atoms in total. The topological polar surface area (TPSA) is 82.3 Å². The Labute approximate surface area is 124 Å². The highest BCUT2D eigenvalue weighted by atomic mass is 19.1. The quantitative estimate of drug-likeness (QED) is 0.540. The Bertz CT molecular complexity index is 941. The lowest BCUT2D eigenvalue weighted by Crippen LogP contribution is -2.06. The Kier molecular flexibility index (Phi) is 2.96. The Morgan fingerprint density at radius 1 is 1.14 bits per heavy atom. The van der Waals surface area contributed by atoms with Crippen molar-refractivity contribution in [3.8, 4) is 0 Å². The first-order valence-corrected chi connectivity index (χ1v) is 6.95. The number of hydrogen-bond acceptors (Lipinski definition) is 4. The molecule has 4 rings (SSSR count). The molecule has 0 atom stereocenters. The number of imidazole rings is 1. The van der Waals surface area contributed by atoms with Crippen LogP contribution in [0.4, 0.5) is 10.2 Å². The Morgan fingerprint density at radius 3 is 3.05 bits per heavy atom. The highest BCUT2D eigenvalue weighted by Crippen LogP contribution is 2.20. The normalized spacial score (nSPS) is 11.3. The van der Waals surface area contributed by atoms with E-state index < -0.39 is 0 Å². The number of benzene rings is 1. The molecule has 0 spiro atoms. The molecule has 0 bridgehead atoms. The van der Waals surface area contributed by atoms with Crippen LogP contribution in [0.2, 0.25) is 0 Å². The summed E-state index contributed by atoms with van der Waals surface area (Å²) in [6.07, 6.45) is 5.79. The highest BCUT2D eigenvalue weighted by molar-refractivity contribution is 5.84. The van der Waals surface area contributed by atoms with E-state index in [1.54, 1.807) is 12.4 Å². The van der Waals surface area contributed by atoms with Crippen LogP contribution < -0.4 is 5.32 Å². The fraction of sp³-hybridized carbons (Fsp3) is 0.133. The summed E-state index contributed by atoms with van der Waals surface area (Å²) >= 11 is 0. The summed E-state index contributed by atoms with van der Waals surface area (Å²) in [4.78, 5) is 18.5. The number of fused-ring (bicyclic) bond motifs is 2. The average Bonchev–Trinajstić information content (AvgIpc) is 3.14. The number of hydrogen-bond donors (Lipinski definition) is 3. The minimum atomic E-state index is -0.235. The molecule has 4 aromatic rings. The maximum Gasteiger partial charge on any atom is 0.182 e. The van der Waals surface area contributed by atoms with Crippen LogP contribution in [-0.4, -0.2) is 31.5 Å². The molecule has 3 heterocycles. The van der Waals surface area contributed by atoms with Gasteiger partial charge in [0.15, 0.2) is 11.5 Å². The molecule has 3 aromatic heterocycles. The summed E-state index contributed by atoms with van der Waals surface area (Å²) in [5.74, 6) is 0.495. The van der Waals surface area contributed by atoms with E-state index in [9.17, 15) is 4.39 Å². The molecule has 0 fully saturated rings. The van der Waals surface area contributed by atoms with Gasteiger partial charge in [-0.25, -0.2) is 19.3 Å². The number of anilines is 1. The fourth-order valence-electron chi connectivity index (χ4n) is 2.58. The standard InChI is InChI=1S/C15H13FN6/c16-10-1-2-11-9(6-18-12(11)5-10)3-4-17-14-13-15(20-7-19-13)22-8-21-14/h1-2,5-8,18H,3-4H2,(H2,17,19,20,21,22). The van der Waals surface area contributed by atoms with Crippen LogP contribution in [0.5, 0.6) is 0 Å². The zero-order chi connectivity index (χ0) is 14.9. The minimum absolute atomic E-state index is 0.235. The van der Waals surface area contributed by atoms with Crippen LogP contribution >= 0.6 is 0 Å². The van der Waals surface area contributed by atoms with Crippen LogP contribution in [-0.2, 0) is 6.42 Å². The number of nitrogens with one attached hydrogen (secondary N) is 3. The molecule has 0 aliphatic rings. The molecular formula is C15H13FN6. The van der Waals surface area contributed by atoms with E-state index in [0.717, 1.165) is 34.2 Å². The first-order valence-electron chi connectivity index (χ1n) is 6.95. The zero-order valence-electron chi connectivity index (χ0n) is 11.6. The van der Waals surface area contributed by atoms with E-state index in [1.807, 2.05) is 6.20 Å². The SMILES string of the molecule is Fc1ccc2c(CCNc3ncnc4nc[nH]c34)c[nH]c2c1. The number of halogens is 1. The van der Waals surface area contributed by atoms with Crippen molar-refractivity contribution >= 4 is 27.9 Å². The third-order valence-corrected chi connectivity index (χ3v) is 3.64. The molecule has 22 heavy (non-hydrogen) atoms. The first-order chi connectivity index (χ1) is 10.8. The second-order valence-corrected chi connectivity index (χ2v) is 5.00. The van der Waals surface area contributed by atoms with Crippen molar-refractivity contribution in [2.24, 2.45) is 0 Å². The zero-order valence-corrected chi connectivity index (χ0v) is 11.6. The van der Waals surface area contributed by atoms with E-state index in [0.29, 0.717) is 12.2 Å². The molecule has 1 aromatic carbocycles. The number of nitrogens with zero attached hydrogens (tertiary/aromatic N) is 3. The molecule has 0 saturated carbocycles. The molecule has 0 aliphatic carbocycles. The van der Waals surface area contributed by atoms with Crippen molar-refractivity contribution in [3.05, 3.63) is 48.4 Å². The van der Waals surface area contributed by atoms with Gasteiger partial charge in [0.05, 0.1) is 6.33 Å². The number of aromatic nitrogens is 5. The van der Waals surface area contributed by atoms with Crippen LogP contribution in [0.1, 0.15) is 5.56 Å². The smallest absolute Gasteiger partial charge is 0.182 e. The van der Waals surface area contributed by atoms with Gasteiger partial charge < -0.3 is 15.3 Å². The molecule has 0 radical (unpaired) electrons. The second-order valence-electron chi connectivity index (χ2n) is 5.00. The predicted molar refractivity (Wildman–Crippen MR) is 82.1 cm³/mol. The van der Waals surface area contributed by atoms with Gasteiger partial charge in [-0.3, -0.25) is 0 Å². The van der Waals surface area contributed by atoms with Gasteiger partial charge in [0.1, 0.15) is 17.7 Å². The van der Waals surface area contributed by atoms with Crippen LogP contribution in [0.3, 0.4) is 0 Å². The Hall–Kier alpha value is -2.96. The number of aromatic amines is 2. The fourth-order valence-corrected chi connectivity index (χ4v) is 2.58. The molecule has 0 saturated heterocycles. The molecule has 0 aliphatic heterocycles. The number of rotatable bonds is 4. The molecule has 7 heteroatoms. The lowest BCUT2D eigenvalue weighted by atomic mass is 10.1. The molecule has 3 N–H and O–H groups in total. The van der Waals surface area contributed by atoms with Crippen molar-refractivity contribution in [3.63, 3.8) is 0 Å². The van der Waals surface area contributed by atoms with Crippen molar-refractivity contribution < 1.29 is 4.39 Å². The predicted octanol–water partition coefficient (Wildman–Crippen LogP) is 2.63. The summed E-state index contributed by atoms with van der Waals surface area (Å²) in [6.45, 7) is 0.704. The van der Waals surface area contributed by atoms with Gasteiger partial charge in [0.2, 0.25) is 0 Å². The van der Waals surface area contributed by atoms with Gasteiger partial charge in [-0.2, -0.15) is 0 Å². The highest BCUT2D eigenvalue weighted by Gasteiger charge is 2.07. The molecule has 0 unspecified atom stereocenters. The Morgan fingerprint density at radius 2 is 2.09 bits per heavy atom. The molecule has 110 valence electrons. The second kappa shape index (κ2) is 5.10. The largest absolute Gasteiger partial charge is 0.368 e. The van der Waals surface area contributed by atoms with Crippen molar-refractivity contribution in [1.82, 2.24) is 24.9 Å². The maximum absolute atomic E-state index is 13.2. The summed E-state index contributed by atoms with van der Waals surface area (Å²) < 4.78 is 13.2. The lowest BCUT2D eigenvalue weighted by molar-refractivity contribution is 0.629. The van der Waals surface area contributed by atoms with Gasteiger partial charge in [-0.05, 0) is 30.2 Å². The number of H-pyrrole nitrogens is 2. The van der Waals surface area contributed by atoms with Gasteiger partial charge in [0.25, 0.3) is 0 Å². The summed E-state index contributed by atoms with van der Waals surface area (Å²) in [7, 11) is 0. The van der Waals surface area contributed by atoms with Crippen molar-refractivity contribution in [2.75, 3.05) is 11.9 Å². The van der Waals surface area contributed by atoms with E-state index in [2.05, 4.69) is 30.2 Å². The first kappa shape index (κ1) is 12.8. The van der Waals surface area contributed by atoms with E-state index >= 15 is 0 Å². The van der Waals surface area contributed by atoms with Crippen LogP contribution in [0.15, 0.2) is 37.1 Å². The molecule has 0 amide bonds. The van der Waals surface area contributed by atoms with Gasteiger partial charge in [-0.1, -0.05) is 0 Å². The van der Waals surface area contributed by atoms with Crippen molar-refractivity contribution in [2.45, 2.75) is 6.42 Å². The van der Waals surface area contributed by atoms with Crippen LogP contribution in [0.25, 0.3) is 22.1 Å². The van der Waals surface area contributed by atoms with E-state index in [-0.39, 0.29) is 5.82 Å². The van der Waals surface area contributed by atoms with Crippen LogP contribution in [0, 0.1) is 5.82 Å². The molecular weight excluding hydrogens is 283 g/mol.